The van der Waals surface area contributed by atoms with E-state index < -0.39 is 0 Å². The second-order valence-corrected chi connectivity index (χ2v) is 1.58. The van der Waals surface area contributed by atoms with Crippen molar-refractivity contribution in [3.8, 4) is 0 Å². The van der Waals surface area contributed by atoms with Crippen LogP contribution in [0, 0.1) is 0 Å². The zero-order chi connectivity index (χ0) is 8.41. The summed E-state index contributed by atoms with van der Waals surface area (Å²) in [6, 6.07) is 0. The maximum absolute atomic E-state index is 5.16. The standard InChI is InChI=1S/C7H13N.C2H6/c1-3-7(4-2)5-6-8;1-2/h3,5-6H,4,8H2,1-2H3;1-2H3/b6-5-,7-3-;. The first-order chi connectivity index (χ1) is 4.85. The van der Waals surface area contributed by atoms with Crippen LogP contribution in [0.15, 0.2) is 23.9 Å². The van der Waals surface area contributed by atoms with Gasteiger partial charge in [-0.15, -0.1) is 0 Å². The first-order valence-electron chi connectivity index (χ1n) is 3.88. The fourth-order valence-corrected chi connectivity index (χ4v) is 0.542. The van der Waals surface area contributed by atoms with Crippen LogP contribution in [0.1, 0.15) is 34.1 Å². The van der Waals surface area contributed by atoms with Gasteiger partial charge >= 0.3 is 0 Å². The van der Waals surface area contributed by atoms with E-state index >= 15 is 0 Å². The smallest absolute Gasteiger partial charge is 0.00597 e. The monoisotopic (exact) mass is 141 g/mol. The van der Waals surface area contributed by atoms with Crippen molar-refractivity contribution < 1.29 is 0 Å². The molecule has 0 spiro atoms. The van der Waals surface area contributed by atoms with Crippen molar-refractivity contribution in [3.63, 3.8) is 0 Å². The molecule has 0 aliphatic carbocycles. The summed E-state index contributed by atoms with van der Waals surface area (Å²) in [6.07, 6.45) is 6.60. The van der Waals surface area contributed by atoms with E-state index in [1.165, 1.54) is 5.57 Å². The fraction of sp³-hybridized carbons (Fsp3) is 0.556. The van der Waals surface area contributed by atoms with Gasteiger partial charge in [0.2, 0.25) is 0 Å². The maximum atomic E-state index is 5.16. The molecule has 0 aromatic rings. The first-order valence-corrected chi connectivity index (χ1v) is 3.88. The Morgan fingerprint density at radius 1 is 1.40 bits per heavy atom. The van der Waals surface area contributed by atoms with Gasteiger partial charge in [-0.1, -0.05) is 32.4 Å². The van der Waals surface area contributed by atoms with Crippen molar-refractivity contribution in [1.82, 2.24) is 0 Å². The summed E-state index contributed by atoms with van der Waals surface area (Å²) in [7, 11) is 0. The summed E-state index contributed by atoms with van der Waals surface area (Å²) in [5.41, 5.74) is 6.44. The lowest BCUT2D eigenvalue weighted by Gasteiger charge is -1.89. The van der Waals surface area contributed by atoms with E-state index in [0.29, 0.717) is 0 Å². The molecule has 0 aromatic carbocycles. The Bertz CT molecular complexity index is 98.5. The molecule has 0 amide bonds. The minimum absolute atomic E-state index is 1.06. The summed E-state index contributed by atoms with van der Waals surface area (Å²) in [6.45, 7) is 8.12. The Morgan fingerprint density at radius 3 is 2.00 bits per heavy atom. The molecule has 0 aliphatic heterocycles. The number of nitrogens with two attached hydrogens (primary N) is 1. The van der Waals surface area contributed by atoms with Crippen molar-refractivity contribution >= 4 is 0 Å². The van der Waals surface area contributed by atoms with Gasteiger partial charge in [0, 0.05) is 0 Å². The van der Waals surface area contributed by atoms with E-state index in [-0.39, 0.29) is 0 Å². The van der Waals surface area contributed by atoms with Gasteiger partial charge in [0.15, 0.2) is 0 Å². The zero-order valence-electron chi connectivity index (χ0n) is 7.52. The summed E-state index contributed by atoms with van der Waals surface area (Å²) >= 11 is 0. The Labute approximate surface area is 64.6 Å². The Kier molecular flexibility index (Phi) is 13.4. The van der Waals surface area contributed by atoms with Crippen LogP contribution < -0.4 is 5.73 Å². The van der Waals surface area contributed by atoms with Crippen molar-refractivity contribution in [1.29, 1.82) is 0 Å². The third-order valence-electron chi connectivity index (χ3n) is 1.09. The van der Waals surface area contributed by atoms with Gasteiger partial charge in [0.05, 0.1) is 0 Å². The normalized spacial score (nSPS) is 11.0. The number of hydrogen-bond donors (Lipinski definition) is 1. The topological polar surface area (TPSA) is 26.0 Å². The Hall–Kier alpha value is -0.720. The van der Waals surface area contributed by atoms with Crippen LogP contribution in [0.3, 0.4) is 0 Å². The molecule has 2 N–H and O–H groups in total. The molecule has 0 bridgehead atoms. The van der Waals surface area contributed by atoms with E-state index in [1.807, 2.05) is 26.8 Å². The van der Waals surface area contributed by atoms with E-state index in [4.69, 9.17) is 5.73 Å². The molecular weight excluding hydrogens is 122 g/mol. The molecular formula is C9H19N. The molecule has 0 rings (SSSR count). The molecule has 0 saturated carbocycles. The lowest BCUT2D eigenvalue weighted by atomic mass is 10.2. The Morgan fingerprint density at radius 2 is 1.90 bits per heavy atom. The largest absolute Gasteiger partial charge is 0.405 e. The summed E-state index contributed by atoms with van der Waals surface area (Å²) in [5.74, 6) is 0. The SMILES string of the molecule is C/C=C(\C=C/N)CC.CC. The van der Waals surface area contributed by atoms with Crippen LogP contribution in [0.2, 0.25) is 0 Å². The lowest BCUT2D eigenvalue weighted by molar-refractivity contribution is 1.14. The van der Waals surface area contributed by atoms with E-state index in [9.17, 15) is 0 Å². The zero-order valence-corrected chi connectivity index (χ0v) is 7.52. The van der Waals surface area contributed by atoms with Crippen LogP contribution in [0.4, 0.5) is 0 Å². The minimum Gasteiger partial charge on any atom is -0.405 e. The highest BCUT2D eigenvalue weighted by atomic mass is 14.5. The Balaban J connectivity index is 0. The van der Waals surface area contributed by atoms with Gasteiger partial charge in [-0.05, 0) is 25.6 Å². The van der Waals surface area contributed by atoms with Gasteiger partial charge in [0.1, 0.15) is 0 Å². The highest BCUT2D eigenvalue weighted by Gasteiger charge is 1.79. The van der Waals surface area contributed by atoms with Crippen LogP contribution in [-0.4, -0.2) is 0 Å². The molecule has 1 heteroatoms. The third kappa shape index (κ3) is 7.28. The summed E-state index contributed by atoms with van der Waals surface area (Å²) in [5, 5.41) is 0. The molecule has 0 fully saturated rings. The molecule has 0 saturated heterocycles. The van der Waals surface area contributed by atoms with Gasteiger partial charge in [-0.2, -0.15) is 0 Å². The number of hydrogen-bond acceptors (Lipinski definition) is 1. The van der Waals surface area contributed by atoms with Gasteiger partial charge < -0.3 is 5.73 Å². The quantitative estimate of drug-likeness (QED) is 0.588. The second kappa shape index (κ2) is 11.1. The van der Waals surface area contributed by atoms with Crippen LogP contribution in [-0.2, 0) is 0 Å². The molecule has 0 aliphatic rings. The summed E-state index contributed by atoms with van der Waals surface area (Å²) < 4.78 is 0. The maximum Gasteiger partial charge on any atom is -0.00597 e. The van der Waals surface area contributed by atoms with E-state index in [0.717, 1.165) is 6.42 Å². The van der Waals surface area contributed by atoms with E-state index in [1.54, 1.807) is 6.20 Å². The van der Waals surface area contributed by atoms with Crippen molar-refractivity contribution in [2.45, 2.75) is 34.1 Å². The predicted molar refractivity (Wildman–Crippen MR) is 48.7 cm³/mol. The van der Waals surface area contributed by atoms with Crippen LogP contribution >= 0.6 is 0 Å². The van der Waals surface area contributed by atoms with Gasteiger partial charge in [-0.25, -0.2) is 0 Å². The number of allylic oxidation sites excluding steroid dienone is 3. The van der Waals surface area contributed by atoms with Crippen molar-refractivity contribution in [3.05, 3.63) is 23.9 Å². The highest BCUT2D eigenvalue weighted by molar-refractivity contribution is 5.15. The first kappa shape index (κ1) is 12.0. The van der Waals surface area contributed by atoms with Gasteiger partial charge in [-0.3, -0.25) is 0 Å². The summed E-state index contributed by atoms with van der Waals surface area (Å²) in [4.78, 5) is 0. The molecule has 0 aromatic heterocycles. The van der Waals surface area contributed by atoms with Crippen LogP contribution in [0.25, 0.3) is 0 Å². The average molecular weight is 141 g/mol. The van der Waals surface area contributed by atoms with E-state index in [2.05, 4.69) is 13.0 Å². The van der Waals surface area contributed by atoms with Crippen molar-refractivity contribution in [2.75, 3.05) is 0 Å². The second-order valence-electron chi connectivity index (χ2n) is 1.58. The minimum atomic E-state index is 1.06. The van der Waals surface area contributed by atoms with Gasteiger partial charge in [0.25, 0.3) is 0 Å². The molecule has 1 nitrogen and oxygen atoms in total. The molecule has 0 atom stereocenters. The third-order valence-corrected chi connectivity index (χ3v) is 1.09. The molecule has 0 unspecified atom stereocenters. The average Bonchev–Trinajstić information content (AvgIpc) is 2.04. The molecule has 10 heavy (non-hydrogen) atoms. The highest BCUT2D eigenvalue weighted by Crippen LogP contribution is 1.99. The predicted octanol–water partition coefficient (Wildman–Crippen LogP) is 2.84. The molecule has 60 valence electrons. The van der Waals surface area contributed by atoms with Crippen molar-refractivity contribution in [2.24, 2.45) is 5.73 Å². The van der Waals surface area contributed by atoms with Crippen LogP contribution in [0.5, 0.6) is 0 Å². The lowest BCUT2D eigenvalue weighted by Crippen LogP contribution is -1.78. The fourth-order valence-electron chi connectivity index (χ4n) is 0.542. The number of rotatable bonds is 2. The molecule has 0 heterocycles. The molecule has 0 radical (unpaired) electrons.